The molecule has 0 saturated carbocycles. The second kappa shape index (κ2) is 5.76. The molecule has 0 aliphatic carbocycles. The van der Waals surface area contributed by atoms with Crippen LogP contribution in [0.1, 0.15) is 49.5 Å². The molecule has 2 N–H and O–H groups in total. The number of hydrogen-bond acceptors (Lipinski definition) is 2. The molecule has 114 valence electrons. The largest absolute Gasteiger partial charge is 0.478 e. The lowest BCUT2D eigenvalue weighted by Gasteiger charge is -2.29. The SMILES string of the molecule is CCCC(C)(C)NC(=O)N1CCc2ccc(C(=O)O)cc21. The number of urea groups is 1. The summed E-state index contributed by atoms with van der Waals surface area (Å²) in [4.78, 5) is 25.2. The molecule has 0 unspecified atom stereocenters. The number of nitrogens with one attached hydrogen (secondary N) is 1. The first-order valence-electron chi connectivity index (χ1n) is 7.30. The van der Waals surface area contributed by atoms with Crippen LogP contribution in [-0.4, -0.2) is 29.2 Å². The van der Waals surface area contributed by atoms with Gasteiger partial charge in [-0.05, 0) is 44.4 Å². The molecule has 0 radical (unpaired) electrons. The van der Waals surface area contributed by atoms with Crippen molar-refractivity contribution in [2.45, 2.75) is 45.6 Å². The van der Waals surface area contributed by atoms with E-state index in [0.29, 0.717) is 12.2 Å². The smallest absolute Gasteiger partial charge is 0.335 e. The van der Waals surface area contributed by atoms with E-state index in [1.54, 1.807) is 23.1 Å². The quantitative estimate of drug-likeness (QED) is 0.895. The van der Waals surface area contributed by atoms with Gasteiger partial charge in [0.05, 0.1) is 5.56 Å². The highest BCUT2D eigenvalue weighted by atomic mass is 16.4. The molecule has 0 bridgehead atoms. The third-order valence-electron chi connectivity index (χ3n) is 3.79. The average Bonchev–Trinajstić information content (AvgIpc) is 2.80. The van der Waals surface area contributed by atoms with E-state index in [1.165, 1.54) is 0 Å². The molecule has 0 aromatic heterocycles. The summed E-state index contributed by atoms with van der Waals surface area (Å²) in [5.74, 6) is -0.976. The number of hydrogen-bond donors (Lipinski definition) is 2. The zero-order valence-electron chi connectivity index (χ0n) is 12.8. The minimum absolute atomic E-state index is 0.158. The number of nitrogens with zero attached hydrogens (tertiary/aromatic N) is 1. The zero-order valence-corrected chi connectivity index (χ0v) is 12.8. The second-order valence-electron chi connectivity index (χ2n) is 6.11. The Morgan fingerprint density at radius 3 is 2.71 bits per heavy atom. The van der Waals surface area contributed by atoms with Crippen molar-refractivity contribution in [1.82, 2.24) is 5.32 Å². The Morgan fingerprint density at radius 2 is 2.10 bits per heavy atom. The molecule has 1 aromatic carbocycles. The molecule has 0 fully saturated rings. The summed E-state index contributed by atoms with van der Waals surface area (Å²) in [5.41, 5.74) is 1.67. The Hall–Kier alpha value is -2.04. The van der Waals surface area contributed by atoms with Crippen molar-refractivity contribution in [2.75, 3.05) is 11.4 Å². The Morgan fingerprint density at radius 1 is 1.38 bits per heavy atom. The third kappa shape index (κ3) is 3.35. The van der Waals surface area contributed by atoms with Crippen LogP contribution in [0, 0.1) is 0 Å². The second-order valence-corrected chi connectivity index (χ2v) is 6.11. The van der Waals surface area contributed by atoms with Gasteiger partial charge >= 0.3 is 12.0 Å². The van der Waals surface area contributed by atoms with Gasteiger partial charge < -0.3 is 10.4 Å². The Kier molecular flexibility index (Phi) is 4.21. The number of amides is 2. The van der Waals surface area contributed by atoms with E-state index in [1.807, 2.05) is 13.8 Å². The van der Waals surface area contributed by atoms with Crippen LogP contribution in [0.2, 0.25) is 0 Å². The van der Waals surface area contributed by atoms with Crippen LogP contribution in [-0.2, 0) is 6.42 Å². The number of fused-ring (bicyclic) bond motifs is 1. The van der Waals surface area contributed by atoms with Crippen LogP contribution < -0.4 is 10.2 Å². The summed E-state index contributed by atoms with van der Waals surface area (Å²) in [6.07, 6.45) is 2.65. The number of anilines is 1. The predicted octanol–water partition coefficient (Wildman–Crippen LogP) is 3.04. The number of benzene rings is 1. The first-order chi connectivity index (χ1) is 9.84. The molecule has 1 aromatic rings. The van der Waals surface area contributed by atoms with Gasteiger partial charge in [-0.15, -0.1) is 0 Å². The van der Waals surface area contributed by atoms with Crippen molar-refractivity contribution in [2.24, 2.45) is 0 Å². The van der Waals surface area contributed by atoms with Gasteiger partial charge in [0.25, 0.3) is 0 Å². The van der Waals surface area contributed by atoms with E-state index in [-0.39, 0.29) is 17.1 Å². The number of carbonyl (C=O) groups is 2. The molecule has 0 atom stereocenters. The molecule has 2 rings (SSSR count). The van der Waals surface area contributed by atoms with Gasteiger partial charge in [0, 0.05) is 17.8 Å². The maximum absolute atomic E-state index is 12.4. The fourth-order valence-corrected chi connectivity index (χ4v) is 2.77. The van der Waals surface area contributed by atoms with E-state index in [4.69, 9.17) is 5.11 Å². The number of carbonyl (C=O) groups excluding carboxylic acids is 1. The van der Waals surface area contributed by atoms with Crippen molar-refractivity contribution >= 4 is 17.7 Å². The van der Waals surface area contributed by atoms with Crippen molar-refractivity contribution in [3.05, 3.63) is 29.3 Å². The highest BCUT2D eigenvalue weighted by Gasteiger charge is 2.29. The molecule has 1 heterocycles. The number of aromatic carboxylic acids is 1. The fraction of sp³-hybridized carbons (Fsp3) is 0.500. The number of carboxylic acid groups (broad SMARTS) is 1. The molecular weight excluding hydrogens is 268 g/mol. The summed E-state index contributed by atoms with van der Waals surface area (Å²) < 4.78 is 0. The summed E-state index contributed by atoms with van der Waals surface area (Å²) in [6.45, 7) is 6.67. The Balaban J connectivity index is 2.20. The highest BCUT2D eigenvalue weighted by Crippen LogP contribution is 2.29. The Bertz CT molecular complexity index is 567. The van der Waals surface area contributed by atoms with Crippen LogP contribution in [0.15, 0.2) is 18.2 Å². The van der Waals surface area contributed by atoms with Gasteiger partial charge in [0.2, 0.25) is 0 Å². The summed E-state index contributed by atoms with van der Waals surface area (Å²) in [5, 5.41) is 12.1. The first-order valence-corrected chi connectivity index (χ1v) is 7.30. The van der Waals surface area contributed by atoms with Gasteiger partial charge in [0.1, 0.15) is 0 Å². The van der Waals surface area contributed by atoms with Crippen LogP contribution in [0.25, 0.3) is 0 Å². The highest BCUT2D eigenvalue weighted by molar-refractivity contribution is 5.97. The monoisotopic (exact) mass is 290 g/mol. The topological polar surface area (TPSA) is 69.6 Å². The van der Waals surface area contributed by atoms with Crippen molar-refractivity contribution in [3.8, 4) is 0 Å². The number of carboxylic acids is 1. The molecule has 2 amide bonds. The van der Waals surface area contributed by atoms with Gasteiger partial charge in [-0.2, -0.15) is 0 Å². The lowest BCUT2D eigenvalue weighted by molar-refractivity contribution is 0.0697. The van der Waals surface area contributed by atoms with Crippen molar-refractivity contribution in [3.63, 3.8) is 0 Å². The summed E-state index contributed by atoms with van der Waals surface area (Å²) >= 11 is 0. The van der Waals surface area contributed by atoms with Gasteiger partial charge in [0.15, 0.2) is 0 Å². The predicted molar refractivity (Wildman–Crippen MR) is 82.0 cm³/mol. The summed E-state index contributed by atoms with van der Waals surface area (Å²) in [6, 6.07) is 4.80. The molecule has 0 saturated heterocycles. The van der Waals surface area contributed by atoms with Gasteiger partial charge in [-0.3, -0.25) is 4.90 Å². The molecule has 1 aliphatic rings. The van der Waals surface area contributed by atoms with Crippen LogP contribution in [0.5, 0.6) is 0 Å². The third-order valence-corrected chi connectivity index (χ3v) is 3.79. The van der Waals surface area contributed by atoms with E-state index in [2.05, 4.69) is 12.2 Å². The fourth-order valence-electron chi connectivity index (χ4n) is 2.77. The van der Waals surface area contributed by atoms with E-state index >= 15 is 0 Å². The van der Waals surface area contributed by atoms with Crippen LogP contribution in [0.4, 0.5) is 10.5 Å². The average molecular weight is 290 g/mol. The molecule has 0 spiro atoms. The molecule has 1 aliphatic heterocycles. The standard InChI is InChI=1S/C16H22N2O3/c1-4-8-16(2,3)17-15(21)18-9-7-11-5-6-12(14(19)20)10-13(11)18/h5-6,10H,4,7-9H2,1-3H3,(H,17,21)(H,19,20). The molecule has 5 nitrogen and oxygen atoms in total. The Labute approximate surface area is 125 Å². The van der Waals surface area contributed by atoms with Crippen molar-refractivity contribution in [1.29, 1.82) is 0 Å². The van der Waals surface area contributed by atoms with Crippen molar-refractivity contribution < 1.29 is 14.7 Å². The van der Waals surface area contributed by atoms with E-state index < -0.39 is 5.97 Å². The minimum atomic E-state index is -0.976. The lowest BCUT2D eigenvalue weighted by Crippen LogP contribution is -2.49. The lowest BCUT2D eigenvalue weighted by atomic mass is 9.99. The maximum atomic E-state index is 12.4. The molecule has 21 heavy (non-hydrogen) atoms. The molecular formula is C16H22N2O3. The van der Waals surface area contributed by atoms with Crippen LogP contribution in [0.3, 0.4) is 0 Å². The maximum Gasteiger partial charge on any atom is 0.335 e. The number of rotatable bonds is 4. The first kappa shape index (κ1) is 15.4. The minimum Gasteiger partial charge on any atom is -0.478 e. The normalized spacial score (nSPS) is 14.0. The van der Waals surface area contributed by atoms with Gasteiger partial charge in [-0.1, -0.05) is 19.4 Å². The zero-order chi connectivity index (χ0) is 15.6. The summed E-state index contributed by atoms with van der Waals surface area (Å²) in [7, 11) is 0. The molecule has 5 heteroatoms. The van der Waals surface area contributed by atoms with Crippen LogP contribution >= 0.6 is 0 Å². The van der Waals surface area contributed by atoms with E-state index in [9.17, 15) is 9.59 Å². The van der Waals surface area contributed by atoms with E-state index in [0.717, 1.165) is 24.8 Å². The van der Waals surface area contributed by atoms with Gasteiger partial charge in [-0.25, -0.2) is 9.59 Å².